The molecule has 7 heteroatoms. The fourth-order valence-electron chi connectivity index (χ4n) is 2.02. The molecule has 1 heterocycles. The largest absolute Gasteiger partial charge is 0.452 e. The van der Waals surface area contributed by atoms with Crippen LogP contribution >= 0.6 is 15.9 Å². The zero-order chi connectivity index (χ0) is 15.5. The summed E-state index contributed by atoms with van der Waals surface area (Å²) in [5, 5.41) is 0. The van der Waals surface area contributed by atoms with Crippen molar-refractivity contribution in [2.75, 3.05) is 0 Å². The Morgan fingerprint density at radius 2 is 2.00 bits per heavy atom. The molecule has 0 fully saturated rings. The minimum Gasteiger partial charge on any atom is -0.452 e. The molecule has 0 bridgehead atoms. The van der Waals surface area contributed by atoms with E-state index in [9.17, 15) is 8.42 Å². The summed E-state index contributed by atoms with van der Waals surface area (Å²) in [7, 11) is -3.65. The minimum atomic E-state index is -3.65. The summed E-state index contributed by atoms with van der Waals surface area (Å²) < 4.78 is 32.7. The molecule has 0 amide bonds. The molecule has 0 aliphatic carbocycles. The Kier molecular flexibility index (Phi) is 5.21. The van der Waals surface area contributed by atoms with Gasteiger partial charge in [-0.2, -0.15) is 0 Å². The van der Waals surface area contributed by atoms with E-state index in [-0.39, 0.29) is 22.2 Å². The Morgan fingerprint density at radius 3 is 2.57 bits per heavy atom. The SMILES string of the molecule is CC(Cc1ccccc1)NS(=O)(=O)c1cc(CN)oc1Br. The third-order valence-electron chi connectivity index (χ3n) is 2.94. The highest BCUT2D eigenvalue weighted by Crippen LogP contribution is 2.26. The predicted octanol–water partition coefficient (Wildman–Crippen LogP) is 2.41. The number of furan rings is 1. The van der Waals surface area contributed by atoms with Gasteiger partial charge in [-0.15, -0.1) is 0 Å². The number of rotatable bonds is 6. The lowest BCUT2D eigenvalue weighted by Crippen LogP contribution is -2.34. The Balaban J connectivity index is 2.11. The van der Waals surface area contributed by atoms with Crippen LogP contribution in [0.1, 0.15) is 18.2 Å². The lowest BCUT2D eigenvalue weighted by Gasteiger charge is -2.13. The van der Waals surface area contributed by atoms with Crippen molar-refractivity contribution >= 4 is 26.0 Å². The maximum Gasteiger partial charge on any atom is 0.245 e. The Morgan fingerprint density at radius 1 is 1.33 bits per heavy atom. The highest BCUT2D eigenvalue weighted by atomic mass is 79.9. The van der Waals surface area contributed by atoms with Crippen LogP contribution in [0.25, 0.3) is 0 Å². The molecular weight excluding hydrogens is 356 g/mol. The van der Waals surface area contributed by atoms with Gasteiger partial charge in [-0.05, 0) is 34.8 Å². The average molecular weight is 373 g/mol. The quantitative estimate of drug-likeness (QED) is 0.814. The molecule has 21 heavy (non-hydrogen) atoms. The van der Waals surface area contributed by atoms with Crippen molar-refractivity contribution in [2.24, 2.45) is 5.73 Å². The van der Waals surface area contributed by atoms with E-state index in [1.54, 1.807) is 0 Å². The monoisotopic (exact) mass is 372 g/mol. The number of benzene rings is 1. The van der Waals surface area contributed by atoms with Gasteiger partial charge < -0.3 is 10.2 Å². The van der Waals surface area contributed by atoms with Crippen LogP contribution < -0.4 is 10.5 Å². The molecule has 0 saturated carbocycles. The first-order valence-electron chi connectivity index (χ1n) is 6.47. The highest BCUT2D eigenvalue weighted by Gasteiger charge is 2.24. The van der Waals surface area contributed by atoms with Crippen molar-refractivity contribution in [3.8, 4) is 0 Å². The van der Waals surface area contributed by atoms with E-state index in [1.807, 2.05) is 37.3 Å². The van der Waals surface area contributed by atoms with Gasteiger partial charge in [-0.1, -0.05) is 30.3 Å². The number of sulfonamides is 1. The van der Waals surface area contributed by atoms with Crippen molar-refractivity contribution in [2.45, 2.75) is 30.8 Å². The second kappa shape index (κ2) is 6.74. The number of nitrogens with two attached hydrogens (primary N) is 1. The van der Waals surface area contributed by atoms with Crippen LogP contribution in [-0.4, -0.2) is 14.5 Å². The summed E-state index contributed by atoms with van der Waals surface area (Å²) in [5.41, 5.74) is 6.52. The van der Waals surface area contributed by atoms with E-state index in [2.05, 4.69) is 20.7 Å². The first kappa shape index (κ1) is 16.2. The van der Waals surface area contributed by atoms with Crippen molar-refractivity contribution in [3.63, 3.8) is 0 Å². The lowest BCUT2D eigenvalue weighted by molar-refractivity contribution is 0.483. The molecule has 1 aromatic carbocycles. The third-order valence-corrected chi connectivity index (χ3v) is 5.38. The van der Waals surface area contributed by atoms with Gasteiger partial charge in [-0.3, -0.25) is 0 Å². The molecule has 5 nitrogen and oxygen atoms in total. The topological polar surface area (TPSA) is 85.3 Å². The van der Waals surface area contributed by atoms with Crippen LogP contribution in [0.4, 0.5) is 0 Å². The van der Waals surface area contributed by atoms with Gasteiger partial charge in [0.15, 0.2) is 4.67 Å². The van der Waals surface area contributed by atoms with Crippen LogP contribution in [0, 0.1) is 0 Å². The van der Waals surface area contributed by atoms with E-state index >= 15 is 0 Å². The van der Waals surface area contributed by atoms with E-state index in [1.165, 1.54) is 6.07 Å². The van der Waals surface area contributed by atoms with E-state index < -0.39 is 10.0 Å². The molecule has 2 aromatic rings. The van der Waals surface area contributed by atoms with Gasteiger partial charge in [0.1, 0.15) is 10.7 Å². The summed E-state index contributed by atoms with van der Waals surface area (Å²) in [6.07, 6.45) is 0.610. The van der Waals surface area contributed by atoms with Crippen LogP contribution in [0.3, 0.4) is 0 Å². The Hall–Kier alpha value is -1.15. The van der Waals surface area contributed by atoms with E-state index in [0.29, 0.717) is 12.2 Å². The minimum absolute atomic E-state index is 0.0721. The standard InChI is InChI=1S/C14H17BrN2O3S/c1-10(7-11-5-3-2-4-6-11)17-21(18,19)13-8-12(9-16)20-14(13)15/h2-6,8,10,17H,7,9,16H2,1H3. The summed E-state index contributed by atoms with van der Waals surface area (Å²) in [6, 6.07) is 10.9. The predicted molar refractivity (Wildman–Crippen MR) is 84.2 cm³/mol. The van der Waals surface area contributed by atoms with E-state index in [0.717, 1.165) is 5.56 Å². The van der Waals surface area contributed by atoms with Gasteiger partial charge in [0, 0.05) is 12.1 Å². The van der Waals surface area contributed by atoms with Gasteiger partial charge in [0.05, 0.1) is 6.54 Å². The fraction of sp³-hybridized carbons (Fsp3) is 0.286. The smallest absolute Gasteiger partial charge is 0.245 e. The zero-order valence-electron chi connectivity index (χ0n) is 11.5. The van der Waals surface area contributed by atoms with Crippen LogP contribution in [0.2, 0.25) is 0 Å². The van der Waals surface area contributed by atoms with Crippen molar-refractivity contribution in [1.29, 1.82) is 0 Å². The maximum absolute atomic E-state index is 12.3. The molecule has 0 saturated heterocycles. The van der Waals surface area contributed by atoms with Gasteiger partial charge in [-0.25, -0.2) is 13.1 Å². The van der Waals surface area contributed by atoms with Crippen LogP contribution in [-0.2, 0) is 23.0 Å². The molecular formula is C14H17BrN2O3S. The summed E-state index contributed by atoms with van der Waals surface area (Å²) >= 11 is 3.11. The Bertz CT molecular complexity index is 698. The fourth-order valence-corrected chi connectivity index (χ4v) is 4.26. The molecule has 0 radical (unpaired) electrons. The molecule has 2 rings (SSSR count). The highest BCUT2D eigenvalue weighted by molar-refractivity contribution is 9.10. The Labute approximate surface area is 132 Å². The first-order valence-corrected chi connectivity index (χ1v) is 8.74. The lowest BCUT2D eigenvalue weighted by atomic mass is 10.1. The summed E-state index contributed by atoms with van der Waals surface area (Å²) in [6.45, 7) is 1.97. The molecule has 1 atom stereocenters. The average Bonchev–Trinajstić information content (AvgIpc) is 2.81. The molecule has 114 valence electrons. The van der Waals surface area contributed by atoms with Crippen molar-refractivity contribution in [3.05, 3.63) is 52.4 Å². The first-order chi connectivity index (χ1) is 9.92. The molecule has 0 spiro atoms. The third kappa shape index (κ3) is 4.16. The number of hydrogen-bond acceptors (Lipinski definition) is 4. The number of nitrogens with one attached hydrogen (secondary N) is 1. The second-order valence-electron chi connectivity index (χ2n) is 4.77. The van der Waals surface area contributed by atoms with Crippen LogP contribution in [0.15, 0.2) is 50.4 Å². The van der Waals surface area contributed by atoms with Crippen LogP contribution in [0.5, 0.6) is 0 Å². The van der Waals surface area contributed by atoms with Crippen molar-refractivity contribution < 1.29 is 12.8 Å². The molecule has 1 aromatic heterocycles. The normalized spacial score (nSPS) is 13.3. The number of hydrogen-bond donors (Lipinski definition) is 2. The second-order valence-corrected chi connectivity index (χ2v) is 7.17. The summed E-state index contributed by atoms with van der Waals surface area (Å²) in [4.78, 5) is 0.0721. The van der Waals surface area contributed by atoms with Gasteiger partial charge in [0.25, 0.3) is 0 Å². The molecule has 3 N–H and O–H groups in total. The van der Waals surface area contributed by atoms with Crippen molar-refractivity contribution in [1.82, 2.24) is 4.72 Å². The molecule has 1 unspecified atom stereocenters. The number of halogens is 1. The van der Waals surface area contributed by atoms with E-state index in [4.69, 9.17) is 10.2 Å². The van der Waals surface area contributed by atoms with Gasteiger partial charge >= 0.3 is 0 Å². The zero-order valence-corrected chi connectivity index (χ0v) is 13.9. The molecule has 0 aliphatic rings. The summed E-state index contributed by atoms with van der Waals surface area (Å²) in [5.74, 6) is 0.415. The van der Waals surface area contributed by atoms with Gasteiger partial charge in [0.2, 0.25) is 10.0 Å². The maximum atomic E-state index is 12.3. The molecule has 0 aliphatic heterocycles.